The largest absolute Gasteiger partial charge is 0.478 e. The third kappa shape index (κ3) is 3.60. The molecular formula is C12H18N2O3S. The first-order valence-electron chi connectivity index (χ1n) is 6.16. The van der Waals surface area contributed by atoms with Crippen LogP contribution in [0.3, 0.4) is 0 Å². The molecule has 0 bridgehead atoms. The summed E-state index contributed by atoms with van der Waals surface area (Å²) >= 11 is 0. The lowest BCUT2D eigenvalue weighted by molar-refractivity contribution is 0.327. The molecule has 1 aliphatic heterocycles. The van der Waals surface area contributed by atoms with Crippen molar-refractivity contribution in [2.45, 2.75) is 25.8 Å². The van der Waals surface area contributed by atoms with Gasteiger partial charge >= 0.3 is 0 Å². The van der Waals surface area contributed by atoms with Gasteiger partial charge in [-0.15, -0.1) is 0 Å². The summed E-state index contributed by atoms with van der Waals surface area (Å²) in [6, 6.07) is 5.73. The summed E-state index contributed by atoms with van der Waals surface area (Å²) in [4.78, 5) is 4.31. The van der Waals surface area contributed by atoms with Crippen LogP contribution >= 0.6 is 0 Å². The highest BCUT2D eigenvalue weighted by Crippen LogP contribution is 2.18. The van der Waals surface area contributed by atoms with Gasteiger partial charge in [0, 0.05) is 12.1 Å². The second kappa shape index (κ2) is 5.56. The first-order valence-corrected chi connectivity index (χ1v) is 7.98. The van der Waals surface area contributed by atoms with Gasteiger partial charge in [0.2, 0.25) is 5.88 Å². The van der Waals surface area contributed by atoms with Crippen LogP contribution in [0.4, 0.5) is 5.82 Å². The first-order chi connectivity index (χ1) is 8.59. The van der Waals surface area contributed by atoms with Crippen LogP contribution in [0.1, 0.15) is 19.8 Å². The summed E-state index contributed by atoms with van der Waals surface area (Å²) in [6.07, 6.45) is 1.28. The topological polar surface area (TPSA) is 68.3 Å². The number of aromatic nitrogens is 1. The average Bonchev–Trinajstić information content (AvgIpc) is 2.33. The van der Waals surface area contributed by atoms with Crippen LogP contribution in [0.25, 0.3) is 0 Å². The van der Waals surface area contributed by atoms with Gasteiger partial charge in [-0.2, -0.15) is 4.98 Å². The normalized spacial score (nSPS) is 19.4. The highest BCUT2D eigenvalue weighted by molar-refractivity contribution is 7.91. The first kappa shape index (κ1) is 13.1. The van der Waals surface area contributed by atoms with Crippen molar-refractivity contribution in [3.63, 3.8) is 0 Å². The Kier molecular flexibility index (Phi) is 4.06. The number of nitrogens with one attached hydrogen (secondary N) is 1. The Bertz CT molecular complexity index is 488. The molecule has 5 nitrogen and oxygen atoms in total. The quantitative estimate of drug-likeness (QED) is 0.897. The predicted octanol–water partition coefficient (Wildman–Crippen LogP) is 1.47. The molecule has 0 aliphatic carbocycles. The number of nitrogens with zero attached hydrogens (tertiary/aromatic N) is 1. The fourth-order valence-corrected chi connectivity index (χ4v) is 3.46. The molecule has 1 fully saturated rings. The highest BCUT2D eigenvalue weighted by atomic mass is 32.2. The van der Waals surface area contributed by atoms with Crippen molar-refractivity contribution >= 4 is 15.7 Å². The second-order valence-corrected chi connectivity index (χ2v) is 6.67. The standard InChI is InChI=1S/C12H18N2O3S/c1-2-17-12-5-3-4-11(14-12)13-10-6-8-18(15,16)9-7-10/h3-5,10H,2,6-9H2,1H3,(H,13,14). The maximum Gasteiger partial charge on any atom is 0.215 e. The number of anilines is 1. The molecule has 0 atom stereocenters. The molecule has 1 aromatic heterocycles. The second-order valence-electron chi connectivity index (χ2n) is 4.36. The van der Waals surface area contributed by atoms with Gasteiger partial charge in [-0.1, -0.05) is 6.07 Å². The van der Waals surface area contributed by atoms with Gasteiger partial charge in [-0.25, -0.2) is 8.42 Å². The molecule has 1 aromatic rings. The number of pyridine rings is 1. The zero-order chi connectivity index (χ0) is 13.0. The minimum absolute atomic E-state index is 0.179. The van der Waals surface area contributed by atoms with E-state index in [1.807, 2.05) is 19.1 Å². The van der Waals surface area contributed by atoms with Crippen LogP contribution in [0.2, 0.25) is 0 Å². The Hall–Kier alpha value is -1.30. The van der Waals surface area contributed by atoms with E-state index in [2.05, 4.69) is 10.3 Å². The minimum Gasteiger partial charge on any atom is -0.478 e. The van der Waals surface area contributed by atoms with Crippen molar-refractivity contribution in [3.05, 3.63) is 18.2 Å². The average molecular weight is 270 g/mol. The lowest BCUT2D eigenvalue weighted by Crippen LogP contribution is -2.32. The number of sulfone groups is 1. The Morgan fingerprint density at radius 1 is 1.39 bits per heavy atom. The van der Waals surface area contributed by atoms with Gasteiger partial charge < -0.3 is 10.1 Å². The van der Waals surface area contributed by atoms with E-state index in [1.165, 1.54) is 0 Å². The van der Waals surface area contributed by atoms with E-state index in [9.17, 15) is 8.42 Å². The van der Waals surface area contributed by atoms with Crippen LogP contribution in [0.15, 0.2) is 18.2 Å². The van der Waals surface area contributed by atoms with E-state index in [0.29, 0.717) is 25.3 Å². The van der Waals surface area contributed by atoms with Crippen molar-refractivity contribution in [1.82, 2.24) is 4.98 Å². The molecule has 2 heterocycles. The number of rotatable bonds is 4. The van der Waals surface area contributed by atoms with Gasteiger partial charge in [0.1, 0.15) is 15.7 Å². The van der Waals surface area contributed by atoms with Crippen LogP contribution < -0.4 is 10.1 Å². The monoisotopic (exact) mass is 270 g/mol. The van der Waals surface area contributed by atoms with E-state index in [1.54, 1.807) is 6.07 Å². The lowest BCUT2D eigenvalue weighted by Gasteiger charge is -2.23. The predicted molar refractivity (Wildman–Crippen MR) is 70.7 cm³/mol. The zero-order valence-electron chi connectivity index (χ0n) is 10.4. The molecular weight excluding hydrogens is 252 g/mol. The van der Waals surface area contributed by atoms with Crippen LogP contribution in [-0.4, -0.2) is 37.6 Å². The molecule has 1 aliphatic rings. The third-order valence-corrected chi connectivity index (χ3v) is 4.64. The van der Waals surface area contributed by atoms with Gasteiger partial charge in [0.25, 0.3) is 0 Å². The Labute approximate surface area is 107 Å². The number of hydrogen-bond acceptors (Lipinski definition) is 5. The zero-order valence-corrected chi connectivity index (χ0v) is 11.2. The molecule has 0 unspecified atom stereocenters. The summed E-state index contributed by atoms with van der Waals surface area (Å²) in [5, 5.41) is 3.26. The fraction of sp³-hybridized carbons (Fsp3) is 0.583. The number of hydrogen-bond donors (Lipinski definition) is 1. The smallest absolute Gasteiger partial charge is 0.215 e. The van der Waals surface area contributed by atoms with Crippen molar-refractivity contribution in [1.29, 1.82) is 0 Å². The summed E-state index contributed by atoms with van der Waals surface area (Å²) in [6.45, 7) is 2.49. The Morgan fingerprint density at radius 3 is 2.78 bits per heavy atom. The summed E-state index contributed by atoms with van der Waals surface area (Å²) in [5.41, 5.74) is 0. The van der Waals surface area contributed by atoms with Gasteiger partial charge in [-0.05, 0) is 25.8 Å². The van der Waals surface area contributed by atoms with Crippen LogP contribution in [0, 0.1) is 0 Å². The van der Waals surface area contributed by atoms with Gasteiger partial charge in [0.05, 0.1) is 18.1 Å². The highest BCUT2D eigenvalue weighted by Gasteiger charge is 2.23. The molecule has 1 saturated heterocycles. The molecule has 6 heteroatoms. The molecule has 0 amide bonds. The fourth-order valence-electron chi connectivity index (χ4n) is 1.97. The molecule has 1 N–H and O–H groups in total. The summed E-state index contributed by atoms with van der Waals surface area (Å²) in [5.74, 6) is 1.85. The minimum atomic E-state index is -2.81. The summed E-state index contributed by atoms with van der Waals surface area (Å²) in [7, 11) is -2.81. The SMILES string of the molecule is CCOc1cccc(NC2CCS(=O)(=O)CC2)n1. The van der Waals surface area contributed by atoms with Crippen molar-refractivity contribution in [2.75, 3.05) is 23.4 Å². The number of ether oxygens (including phenoxy) is 1. The molecule has 0 radical (unpaired) electrons. The van der Waals surface area contributed by atoms with Crippen molar-refractivity contribution in [2.24, 2.45) is 0 Å². The van der Waals surface area contributed by atoms with E-state index in [4.69, 9.17) is 4.74 Å². The molecule has 2 rings (SSSR count). The van der Waals surface area contributed by atoms with Gasteiger partial charge in [0.15, 0.2) is 0 Å². The van der Waals surface area contributed by atoms with Gasteiger partial charge in [-0.3, -0.25) is 0 Å². The van der Waals surface area contributed by atoms with E-state index >= 15 is 0 Å². The molecule has 0 spiro atoms. The third-order valence-electron chi connectivity index (χ3n) is 2.92. The molecule has 0 aromatic carbocycles. The van der Waals surface area contributed by atoms with E-state index in [-0.39, 0.29) is 17.5 Å². The molecule has 18 heavy (non-hydrogen) atoms. The lowest BCUT2D eigenvalue weighted by atomic mass is 10.1. The Morgan fingerprint density at radius 2 is 2.11 bits per heavy atom. The van der Waals surface area contributed by atoms with Crippen molar-refractivity contribution < 1.29 is 13.2 Å². The van der Waals surface area contributed by atoms with E-state index < -0.39 is 9.84 Å². The molecule has 100 valence electrons. The van der Waals surface area contributed by atoms with Crippen molar-refractivity contribution in [3.8, 4) is 5.88 Å². The maximum atomic E-state index is 11.3. The van der Waals surface area contributed by atoms with E-state index in [0.717, 1.165) is 5.82 Å². The Balaban J connectivity index is 1.95. The maximum absolute atomic E-state index is 11.3. The van der Waals surface area contributed by atoms with Crippen LogP contribution in [-0.2, 0) is 9.84 Å². The molecule has 0 saturated carbocycles. The summed E-state index contributed by atoms with van der Waals surface area (Å²) < 4.78 is 28.0. The van der Waals surface area contributed by atoms with Crippen LogP contribution in [0.5, 0.6) is 5.88 Å².